The zero-order valence-electron chi connectivity index (χ0n) is 40.1. The molecule has 2 saturated heterocycles. The minimum absolute atomic E-state index is 0.0222. The van der Waals surface area contributed by atoms with Crippen molar-refractivity contribution in [3.05, 3.63) is 111 Å². The molecule has 0 radical (unpaired) electrons. The molecule has 0 bridgehead atoms. The van der Waals surface area contributed by atoms with Crippen LogP contribution in [-0.4, -0.2) is 76.2 Å². The van der Waals surface area contributed by atoms with Crippen molar-refractivity contribution in [3.8, 4) is 0 Å². The molecule has 2 aromatic heterocycles. The largest absolute Gasteiger partial charge is 0.342 e. The molecule has 4 aromatic rings. The Labute approximate surface area is 394 Å². The first-order valence-corrected chi connectivity index (χ1v) is 25.8. The molecule has 1 aliphatic carbocycles. The number of hydrogen-bond donors (Lipinski definition) is 2. The van der Waals surface area contributed by atoms with Crippen molar-refractivity contribution in [1.82, 2.24) is 19.8 Å². The zero-order valence-corrected chi connectivity index (χ0v) is 40.1. The molecule has 2 aromatic carbocycles. The fraction of sp³-hybridized carbons (Fsp3) is 0.579. The second-order valence-electron chi connectivity index (χ2n) is 20.4. The highest BCUT2D eigenvalue weighted by Crippen LogP contribution is 2.37. The number of nitrogens with zero attached hydrogens (tertiary/aromatic N) is 3. The number of hydrogen-bond acceptors (Lipinski definition) is 7. The van der Waals surface area contributed by atoms with E-state index in [-0.39, 0.29) is 40.8 Å². The molecule has 4 heterocycles. The van der Waals surface area contributed by atoms with Gasteiger partial charge in [-0.2, -0.15) is 0 Å². The van der Waals surface area contributed by atoms with Crippen LogP contribution >= 0.6 is 0 Å². The number of H-pyrrole nitrogens is 1. The number of fused-ring (bicyclic) bond motifs is 1. The van der Waals surface area contributed by atoms with E-state index >= 15 is 0 Å². The second-order valence-corrected chi connectivity index (χ2v) is 20.4. The molecular formula is C57H77N5O4. The molecule has 9 nitrogen and oxygen atoms in total. The Hall–Kier alpha value is -4.76. The van der Waals surface area contributed by atoms with Crippen LogP contribution in [0.25, 0.3) is 10.9 Å². The first-order chi connectivity index (χ1) is 32.1. The number of aromatic nitrogens is 2. The summed E-state index contributed by atoms with van der Waals surface area (Å²) in [5, 5.41) is 8.98. The number of rotatable bonds is 21. The number of aromatic amines is 1. The summed E-state index contributed by atoms with van der Waals surface area (Å²) in [6.07, 6.45) is 22.3. The maximum atomic E-state index is 14.6. The lowest BCUT2D eigenvalue weighted by Gasteiger charge is -2.35. The van der Waals surface area contributed by atoms with Gasteiger partial charge in [0.25, 0.3) is 5.56 Å². The van der Waals surface area contributed by atoms with Crippen LogP contribution in [-0.2, 0) is 20.8 Å². The third-order valence-corrected chi connectivity index (χ3v) is 15.7. The van der Waals surface area contributed by atoms with Gasteiger partial charge in [-0.25, -0.2) is 0 Å². The van der Waals surface area contributed by atoms with Crippen LogP contribution in [0.1, 0.15) is 169 Å². The Kier molecular flexibility index (Phi) is 18.5. The molecule has 2 aliphatic heterocycles. The fourth-order valence-electron chi connectivity index (χ4n) is 11.7. The second kappa shape index (κ2) is 24.8. The predicted octanol–water partition coefficient (Wildman–Crippen LogP) is 11.5. The summed E-state index contributed by atoms with van der Waals surface area (Å²) in [5.74, 6) is 2.24. The topological polar surface area (TPSA) is 127 Å². The molecule has 9 heteroatoms. The molecule has 1 amide bonds. The van der Waals surface area contributed by atoms with E-state index in [1.807, 2.05) is 49.6 Å². The summed E-state index contributed by atoms with van der Waals surface area (Å²) >= 11 is 0. The molecule has 354 valence electrons. The Bertz CT molecular complexity index is 2260. The summed E-state index contributed by atoms with van der Waals surface area (Å²) in [5.41, 5.74) is 6.09. The van der Waals surface area contributed by atoms with E-state index in [4.69, 9.17) is 5.41 Å². The molecule has 66 heavy (non-hydrogen) atoms. The molecule has 1 saturated carbocycles. The summed E-state index contributed by atoms with van der Waals surface area (Å²) in [6.45, 7) is 9.12. The number of likely N-dealkylation sites (tertiary alicyclic amines) is 2. The monoisotopic (exact) mass is 896 g/mol. The molecule has 3 aliphatic rings. The number of pyridine rings is 2. The van der Waals surface area contributed by atoms with Crippen LogP contribution in [0.15, 0.2) is 77.9 Å². The van der Waals surface area contributed by atoms with Gasteiger partial charge in [0.1, 0.15) is 11.6 Å². The zero-order chi connectivity index (χ0) is 46.3. The van der Waals surface area contributed by atoms with E-state index in [0.29, 0.717) is 62.7 Å². The van der Waals surface area contributed by atoms with E-state index in [1.54, 1.807) is 0 Å². The van der Waals surface area contributed by atoms with E-state index in [0.717, 1.165) is 149 Å². The SMILES string of the molecule is CCN1CCC(C[C@H](CCCC(=O)[C@H](CCCC(=O)CCC2CCC(c3cc4ccccc4[nH]c3=O)CC2)Cc2cc(C)cc(C=N)c2)C(=O)N2CCCCC(c3ccncc3)CC2)CC1. The van der Waals surface area contributed by atoms with Crippen molar-refractivity contribution < 1.29 is 14.4 Å². The van der Waals surface area contributed by atoms with Gasteiger partial charge < -0.3 is 20.2 Å². The number of amides is 1. The Morgan fingerprint density at radius 1 is 0.788 bits per heavy atom. The number of aryl methyl sites for hydroxylation is 1. The quantitative estimate of drug-likeness (QED) is 0.0802. The van der Waals surface area contributed by atoms with Crippen LogP contribution in [0.2, 0.25) is 0 Å². The highest BCUT2D eigenvalue weighted by molar-refractivity contribution is 5.83. The third-order valence-electron chi connectivity index (χ3n) is 15.7. The Morgan fingerprint density at radius 3 is 2.32 bits per heavy atom. The van der Waals surface area contributed by atoms with Gasteiger partial charge in [-0.3, -0.25) is 24.2 Å². The van der Waals surface area contributed by atoms with E-state index in [2.05, 4.69) is 57.0 Å². The summed E-state index contributed by atoms with van der Waals surface area (Å²) in [4.78, 5) is 67.2. The molecule has 1 unspecified atom stereocenters. The Balaban J connectivity index is 0.931. The van der Waals surface area contributed by atoms with Gasteiger partial charge in [0, 0.05) is 73.9 Å². The van der Waals surface area contributed by atoms with Crippen molar-refractivity contribution in [1.29, 1.82) is 5.41 Å². The fourth-order valence-corrected chi connectivity index (χ4v) is 11.7. The lowest BCUT2D eigenvalue weighted by atomic mass is 9.77. The van der Waals surface area contributed by atoms with Crippen LogP contribution in [0.4, 0.5) is 0 Å². The standard InChI is InChI=1S/C57H77N5O4/c1-3-61-31-25-43(26-32-61)37-51(57(66)62-30-7-6-10-46(27-33-62)47-23-28-59-29-24-47)13-9-16-55(64)50(38-44-34-41(2)35-45(36-44)40-58)12-8-14-52(63)22-19-42-17-20-48(21-18-42)53-39-49-11-4-5-15-54(49)60-56(53)65/h4-5,11,15,23-24,28-29,34-36,39-40,42-43,46,48,50-51,58H,3,6-10,12-14,16-22,25-27,30-33,37-38H2,1-2H3,(H,60,65)/t42?,46?,48?,50-,51+/m1/s1. The minimum atomic E-state index is -0.210. The molecule has 3 atom stereocenters. The first-order valence-electron chi connectivity index (χ1n) is 25.8. The number of carbonyl (C=O) groups excluding carboxylic acids is 3. The van der Waals surface area contributed by atoms with Crippen LogP contribution in [0, 0.1) is 36.0 Å². The number of ketones is 2. The Morgan fingerprint density at radius 2 is 1.55 bits per heavy atom. The number of Topliss-reactive ketones (excluding diaryl/α,β-unsaturated/α-hetero) is 2. The van der Waals surface area contributed by atoms with Crippen LogP contribution < -0.4 is 5.56 Å². The molecule has 7 rings (SSSR count). The van der Waals surface area contributed by atoms with E-state index in [1.165, 1.54) is 11.8 Å². The molecule has 0 spiro atoms. The molecular weight excluding hydrogens is 819 g/mol. The molecule has 2 N–H and O–H groups in total. The number of piperidine rings is 1. The summed E-state index contributed by atoms with van der Waals surface area (Å²) in [7, 11) is 0. The predicted molar refractivity (Wildman–Crippen MR) is 267 cm³/mol. The summed E-state index contributed by atoms with van der Waals surface area (Å²) in [6, 6.07) is 20.4. The highest BCUT2D eigenvalue weighted by Gasteiger charge is 2.31. The van der Waals surface area contributed by atoms with Gasteiger partial charge >= 0.3 is 0 Å². The van der Waals surface area contributed by atoms with Crippen molar-refractivity contribution in [3.63, 3.8) is 0 Å². The van der Waals surface area contributed by atoms with Gasteiger partial charge in [-0.1, -0.05) is 55.3 Å². The number of carbonyl (C=O) groups is 3. The van der Waals surface area contributed by atoms with Crippen LogP contribution in [0.3, 0.4) is 0 Å². The third kappa shape index (κ3) is 14.1. The highest BCUT2D eigenvalue weighted by atomic mass is 16.2. The van der Waals surface area contributed by atoms with E-state index in [9.17, 15) is 19.2 Å². The van der Waals surface area contributed by atoms with Crippen molar-refractivity contribution in [2.45, 2.75) is 154 Å². The number of nitrogens with one attached hydrogen (secondary N) is 2. The van der Waals surface area contributed by atoms with Crippen LogP contribution in [0.5, 0.6) is 0 Å². The average molecular weight is 896 g/mol. The maximum Gasteiger partial charge on any atom is 0.251 e. The maximum absolute atomic E-state index is 14.6. The number of benzene rings is 2. The normalized spacial score (nSPS) is 20.9. The van der Waals surface area contributed by atoms with Crippen molar-refractivity contribution in [2.75, 3.05) is 32.7 Å². The number of para-hydroxylation sites is 1. The van der Waals surface area contributed by atoms with Gasteiger partial charge in [0.15, 0.2) is 0 Å². The van der Waals surface area contributed by atoms with E-state index < -0.39 is 0 Å². The summed E-state index contributed by atoms with van der Waals surface area (Å²) < 4.78 is 0. The lowest BCUT2D eigenvalue weighted by molar-refractivity contribution is -0.137. The van der Waals surface area contributed by atoms with Gasteiger partial charge in [-0.15, -0.1) is 0 Å². The van der Waals surface area contributed by atoms with Crippen molar-refractivity contribution >= 4 is 34.6 Å². The first kappa shape index (κ1) is 49.2. The molecule has 3 fully saturated rings. The van der Waals surface area contributed by atoms with Gasteiger partial charge in [-0.05, 0) is 199 Å². The average Bonchev–Trinajstić information content (AvgIpc) is 3.32. The minimum Gasteiger partial charge on any atom is -0.342 e. The smallest absolute Gasteiger partial charge is 0.251 e. The van der Waals surface area contributed by atoms with Gasteiger partial charge in [0.05, 0.1) is 0 Å². The van der Waals surface area contributed by atoms with Gasteiger partial charge in [0.2, 0.25) is 5.91 Å². The van der Waals surface area contributed by atoms with Crippen molar-refractivity contribution in [2.24, 2.45) is 23.7 Å². The lowest BCUT2D eigenvalue weighted by Crippen LogP contribution is -2.41.